The van der Waals surface area contributed by atoms with Gasteiger partial charge in [0.15, 0.2) is 0 Å². The van der Waals surface area contributed by atoms with Gasteiger partial charge in [-0.1, -0.05) is 29.3 Å². The van der Waals surface area contributed by atoms with E-state index < -0.39 is 0 Å². The lowest BCUT2D eigenvalue weighted by Gasteiger charge is -2.34. The van der Waals surface area contributed by atoms with E-state index >= 15 is 0 Å². The number of nitrogens with zero attached hydrogens (tertiary/aromatic N) is 4. The Hall–Kier alpha value is -1.56. The summed E-state index contributed by atoms with van der Waals surface area (Å²) in [6.45, 7) is 6.61. The Balaban J connectivity index is 1.56. The fraction of sp³-hybridized carbons (Fsp3) is 0.412. The van der Waals surface area contributed by atoms with Gasteiger partial charge in [0.25, 0.3) is 5.91 Å². The first-order valence-electron chi connectivity index (χ1n) is 8.05. The number of carbonyl (C=O) groups is 1. The second kappa shape index (κ2) is 7.55. The molecule has 2 heterocycles. The number of hydrogen-bond donors (Lipinski definition) is 0. The van der Waals surface area contributed by atoms with E-state index in [4.69, 9.17) is 23.2 Å². The number of halogens is 2. The normalized spacial score (nSPS) is 15.7. The summed E-state index contributed by atoms with van der Waals surface area (Å²) in [4.78, 5) is 16.7. The molecule has 0 atom stereocenters. The maximum Gasteiger partial charge on any atom is 0.257 e. The predicted molar refractivity (Wildman–Crippen MR) is 95.5 cm³/mol. The Morgan fingerprint density at radius 2 is 1.96 bits per heavy atom. The zero-order valence-electron chi connectivity index (χ0n) is 13.6. The van der Waals surface area contributed by atoms with Gasteiger partial charge in [-0.05, 0) is 24.6 Å². The van der Waals surface area contributed by atoms with Crippen LogP contribution in [0.4, 0.5) is 0 Å². The number of piperazine rings is 1. The van der Waals surface area contributed by atoms with E-state index in [0.717, 1.165) is 31.7 Å². The quantitative estimate of drug-likeness (QED) is 0.834. The average molecular weight is 367 g/mol. The fourth-order valence-corrected chi connectivity index (χ4v) is 3.30. The number of hydrogen-bond acceptors (Lipinski definition) is 3. The first-order chi connectivity index (χ1) is 11.6. The summed E-state index contributed by atoms with van der Waals surface area (Å²) in [5, 5.41) is 5.50. The molecule has 5 nitrogen and oxygen atoms in total. The van der Waals surface area contributed by atoms with Gasteiger partial charge in [0.2, 0.25) is 0 Å². The zero-order valence-corrected chi connectivity index (χ0v) is 15.1. The zero-order chi connectivity index (χ0) is 17.1. The van der Waals surface area contributed by atoms with Crippen LogP contribution in [0.5, 0.6) is 0 Å². The summed E-state index contributed by atoms with van der Waals surface area (Å²) in [6.07, 6.45) is 3.45. The molecule has 1 aliphatic rings. The summed E-state index contributed by atoms with van der Waals surface area (Å²) in [6, 6.07) is 5.58. The van der Waals surface area contributed by atoms with Crippen LogP contribution >= 0.6 is 23.2 Å². The molecule has 0 unspecified atom stereocenters. The minimum atomic E-state index is 0.0545. The second-order valence-corrected chi connectivity index (χ2v) is 6.73. The third-order valence-corrected chi connectivity index (χ3v) is 4.86. The van der Waals surface area contributed by atoms with Crippen molar-refractivity contribution in [3.8, 4) is 0 Å². The highest BCUT2D eigenvalue weighted by Gasteiger charge is 2.23. The van der Waals surface area contributed by atoms with Crippen LogP contribution in [0.15, 0.2) is 30.6 Å². The van der Waals surface area contributed by atoms with Crippen LogP contribution in [-0.2, 0) is 13.1 Å². The van der Waals surface area contributed by atoms with Crippen molar-refractivity contribution in [2.45, 2.75) is 20.0 Å². The molecule has 3 rings (SSSR count). The van der Waals surface area contributed by atoms with Crippen molar-refractivity contribution in [2.24, 2.45) is 0 Å². The minimum absolute atomic E-state index is 0.0545. The van der Waals surface area contributed by atoms with Gasteiger partial charge in [0.05, 0.1) is 11.8 Å². The Kier molecular flexibility index (Phi) is 5.43. The van der Waals surface area contributed by atoms with Crippen LogP contribution in [0.2, 0.25) is 10.0 Å². The topological polar surface area (TPSA) is 41.4 Å². The highest BCUT2D eigenvalue weighted by Crippen LogP contribution is 2.22. The SMILES string of the molecule is CCn1cc(C(=O)N2CCN(Cc3ccc(Cl)cc3Cl)CC2)cn1. The van der Waals surface area contributed by atoms with E-state index in [-0.39, 0.29) is 5.91 Å². The van der Waals surface area contributed by atoms with E-state index in [2.05, 4.69) is 10.00 Å². The van der Waals surface area contributed by atoms with Gasteiger partial charge < -0.3 is 4.90 Å². The molecule has 1 aromatic carbocycles. The summed E-state index contributed by atoms with van der Waals surface area (Å²) in [7, 11) is 0. The van der Waals surface area contributed by atoms with Gasteiger partial charge in [0, 0.05) is 55.5 Å². The van der Waals surface area contributed by atoms with Crippen LogP contribution in [0.3, 0.4) is 0 Å². The number of carbonyl (C=O) groups excluding carboxylic acids is 1. The minimum Gasteiger partial charge on any atom is -0.336 e. The van der Waals surface area contributed by atoms with Crippen LogP contribution in [0.25, 0.3) is 0 Å². The van der Waals surface area contributed by atoms with Crippen molar-refractivity contribution < 1.29 is 4.79 Å². The molecule has 24 heavy (non-hydrogen) atoms. The predicted octanol–water partition coefficient (Wildman–Crippen LogP) is 3.17. The fourth-order valence-electron chi connectivity index (χ4n) is 2.83. The van der Waals surface area contributed by atoms with Crippen molar-refractivity contribution in [3.05, 3.63) is 51.8 Å². The van der Waals surface area contributed by atoms with Crippen molar-refractivity contribution in [3.63, 3.8) is 0 Å². The van der Waals surface area contributed by atoms with Crippen molar-refractivity contribution in [2.75, 3.05) is 26.2 Å². The number of rotatable bonds is 4. The monoisotopic (exact) mass is 366 g/mol. The van der Waals surface area contributed by atoms with Crippen LogP contribution < -0.4 is 0 Å². The maximum absolute atomic E-state index is 12.5. The molecule has 1 saturated heterocycles. The first kappa shape index (κ1) is 17.3. The molecule has 0 aliphatic carbocycles. The molecule has 0 saturated carbocycles. The molecule has 0 spiro atoms. The number of amides is 1. The Bertz CT molecular complexity index is 723. The molecule has 2 aromatic rings. The van der Waals surface area contributed by atoms with Gasteiger partial charge in [-0.15, -0.1) is 0 Å². The van der Waals surface area contributed by atoms with Crippen molar-refractivity contribution in [1.29, 1.82) is 0 Å². The Morgan fingerprint density at radius 1 is 1.21 bits per heavy atom. The Morgan fingerprint density at radius 3 is 2.58 bits per heavy atom. The van der Waals surface area contributed by atoms with Gasteiger partial charge >= 0.3 is 0 Å². The maximum atomic E-state index is 12.5. The van der Waals surface area contributed by atoms with Crippen LogP contribution in [-0.4, -0.2) is 51.7 Å². The van der Waals surface area contributed by atoms with E-state index in [9.17, 15) is 4.79 Å². The van der Waals surface area contributed by atoms with Crippen LogP contribution in [0.1, 0.15) is 22.8 Å². The highest BCUT2D eigenvalue weighted by molar-refractivity contribution is 6.35. The molecule has 1 amide bonds. The molecule has 1 aromatic heterocycles. The lowest BCUT2D eigenvalue weighted by molar-refractivity contribution is 0.0628. The molecule has 7 heteroatoms. The van der Waals surface area contributed by atoms with E-state index in [1.165, 1.54) is 0 Å². The van der Waals surface area contributed by atoms with Crippen molar-refractivity contribution >= 4 is 29.1 Å². The van der Waals surface area contributed by atoms with Gasteiger partial charge in [-0.25, -0.2) is 0 Å². The molecule has 0 bridgehead atoms. The molecular formula is C17H20Cl2N4O. The first-order valence-corrected chi connectivity index (χ1v) is 8.80. The third-order valence-electron chi connectivity index (χ3n) is 4.27. The standard InChI is InChI=1S/C17H20Cl2N4O/c1-2-23-12-14(10-20-23)17(24)22-7-5-21(6-8-22)11-13-3-4-15(18)9-16(13)19/h3-4,9-10,12H,2,5-8,11H2,1H3. The molecule has 1 aliphatic heterocycles. The van der Waals surface area contributed by atoms with E-state index in [1.807, 2.05) is 30.2 Å². The lowest BCUT2D eigenvalue weighted by atomic mass is 10.2. The number of aryl methyl sites for hydroxylation is 1. The molecular weight excluding hydrogens is 347 g/mol. The molecule has 0 N–H and O–H groups in total. The van der Waals surface area contributed by atoms with Crippen LogP contribution in [0, 0.1) is 0 Å². The van der Waals surface area contributed by atoms with Gasteiger partial charge in [-0.3, -0.25) is 14.4 Å². The second-order valence-electron chi connectivity index (χ2n) is 5.89. The average Bonchev–Trinajstić information content (AvgIpc) is 3.06. The Labute approximate surface area is 151 Å². The summed E-state index contributed by atoms with van der Waals surface area (Å²) < 4.78 is 1.77. The number of benzene rings is 1. The lowest BCUT2D eigenvalue weighted by Crippen LogP contribution is -2.48. The number of aromatic nitrogens is 2. The molecule has 0 radical (unpaired) electrons. The summed E-state index contributed by atoms with van der Waals surface area (Å²) in [5.41, 5.74) is 1.72. The smallest absolute Gasteiger partial charge is 0.257 e. The van der Waals surface area contributed by atoms with Gasteiger partial charge in [0.1, 0.15) is 0 Å². The largest absolute Gasteiger partial charge is 0.336 e. The molecule has 128 valence electrons. The van der Waals surface area contributed by atoms with E-state index in [0.29, 0.717) is 28.7 Å². The van der Waals surface area contributed by atoms with E-state index in [1.54, 1.807) is 16.9 Å². The van der Waals surface area contributed by atoms with Gasteiger partial charge in [-0.2, -0.15) is 5.10 Å². The summed E-state index contributed by atoms with van der Waals surface area (Å²) >= 11 is 12.2. The molecule has 1 fully saturated rings. The van der Waals surface area contributed by atoms with Crippen molar-refractivity contribution in [1.82, 2.24) is 19.6 Å². The third kappa shape index (κ3) is 3.91. The highest BCUT2D eigenvalue weighted by atomic mass is 35.5. The summed E-state index contributed by atoms with van der Waals surface area (Å²) in [5.74, 6) is 0.0545.